The SMILES string of the molecule is O=C(COc1cccc2c1CCN(Cc1ccccc1)C2=O)N1CCCC1. The molecule has 0 N–H and O–H groups in total. The van der Waals surface area contributed by atoms with Gasteiger partial charge >= 0.3 is 0 Å². The zero-order valence-corrected chi connectivity index (χ0v) is 15.4. The van der Waals surface area contributed by atoms with Crippen LogP contribution in [0, 0.1) is 0 Å². The summed E-state index contributed by atoms with van der Waals surface area (Å²) < 4.78 is 5.82. The molecule has 2 aromatic carbocycles. The van der Waals surface area contributed by atoms with Gasteiger partial charge in [0.05, 0.1) is 0 Å². The number of benzene rings is 2. The van der Waals surface area contributed by atoms with Crippen molar-refractivity contribution in [2.45, 2.75) is 25.8 Å². The Hall–Kier alpha value is -2.82. The zero-order chi connectivity index (χ0) is 18.6. The molecule has 27 heavy (non-hydrogen) atoms. The van der Waals surface area contributed by atoms with Crippen LogP contribution >= 0.6 is 0 Å². The van der Waals surface area contributed by atoms with E-state index in [0.717, 1.165) is 43.5 Å². The van der Waals surface area contributed by atoms with Crippen molar-refractivity contribution in [3.05, 3.63) is 65.2 Å². The minimum absolute atomic E-state index is 0.0245. The maximum Gasteiger partial charge on any atom is 0.260 e. The van der Waals surface area contributed by atoms with Gasteiger partial charge in [0.25, 0.3) is 11.8 Å². The maximum atomic E-state index is 12.9. The summed E-state index contributed by atoms with van der Waals surface area (Å²) in [6, 6.07) is 15.6. The van der Waals surface area contributed by atoms with Gasteiger partial charge in [0.1, 0.15) is 5.75 Å². The summed E-state index contributed by atoms with van der Waals surface area (Å²) in [5.41, 5.74) is 2.72. The molecule has 0 radical (unpaired) electrons. The fraction of sp³-hybridized carbons (Fsp3) is 0.364. The largest absolute Gasteiger partial charge is 0.483 e. The van der Waals surface area contributed by atoms with Gasteiger partial charge in [-0.15, -0.1) is 0 Å². The molecule has 2 heterocycles. The van der Waals surface area contributed by atoms with Crippen molar-refractivity contribution < 1.29 is 14.3 Å². The molecule has 140 valence electrons. The van der Waals surface area contributed by atoms with Crippen LogP contribution in [0.4, 0.5) is 0 Å². The van der Waals surface area contributed by atoms with Gasteiger partial charge in [-0.3, -0.25) is 9.59 Å². The molecule has 1 saturated heterocycles. The van der Waals surface area contributed by atoms with E-state index in [1.165, 1.54) is 0 Å². The molecular formula is C22H24N2O3. The highest BCUT2D eigenvalue weighted by Gasteiger charge is 2.27. The fourth-order valence-corrected chi connectivity index (χ4v) is 3.83. The summed E-state index contributed by atoms with van der Waals surface area (Å²) >= 11 is 0. The molecular weight excluding hydrogens is 340 g/mol. The van der Waals surface area contributed by atoms with Crippen LogP contribution in [0.5, 0.6) is 5.75 Å². The van der Waals surface area contributed by atoms with E-state index in [0.29, 0.717) is 24.4 Å². The number of carbonyl (C=O) groups is 2. The van der Waals surface area contributed by atoms with Gasteiger partial charge in [-0.2, -0.15) is 0 Å². The standard InChI is InChI=1S/C22H24N2O3/c25-21(23-12-4-5-13-23)16-27-20-10-6-9-19-18(20)11-14-24(22(19)26)15-17-7-2-1-3-8-17/h1-3,6-10H,4-5,11-16H2. The molecule has 2 aliphatic rings. The molecule has 2 aromatic rings. The Bertz CT molecular complexity index is 829. The smallest absolute Gasteiger partial charge is 0.260 e. The Morgan fingerprint density at radius 3 is 2.52 bits per heavy atom. The molecule has 5 heteroatoms. The molecule has 0 unspecified atom stereocenters. The monoisotopic (exact) mass is 364 g/mol. The van der Waals surface area contributed by atoms with Crippen LogP contribution in [0.3, 0.4) is 0 Å². The van der Waals surface area contributed by atoms with E-state index >= 15 is 0 Å². The van der Waals surface area contributed by atoms with E-state index in [-0.39, 0.29) is 18.4 Å². The van der Waals surface area contributed by atoms with E-state index < -0.39 is 0 Å². The lowest BCUT2D eigenvalue weighted by atomic mass is 9.97. The molecule has 5 nitrogen and oxygen atoms in total. The van der Waals surface area contributed by atoms with Gasteiger partial charge in [0, 0.05) is 37.3 Å². The summed E-state index contributed by atoms with van der Waals surface area (Å²) in [6.45, 7) is 2.95. The normalized spacial score (nSPS) is 16.4. The first kappa shape index (κ1) is 17.6. The fourth-order valence-electron chi connectivity index (χ4n) is 3.83. The van der Waals surface area contributed by atoms with Crippen molar-refractivity contribution in [3.8, 4) is 5.75 Å². The number of ether oxygens (including phenoxy) is 1. The molecule has 0 saturated carbocycles. The summed E-state index contributed by atoms with van der Waals surface area (Å²) in [5, 5.41) is 0. The first-order valence-electron chi connectivity index (χ1n) is 9.58. The third-order valence-electron chi connectivity index (χ3n) is 5.31. The van der Waals surface area contributed by atoms with Crippen molar-refractivity contribution in [2.75, 3.05) is 26.2 Å². The van der Waals surface area contributed by atoms with Gasteiger partial charge in [-0.1, -0.05) is 36.4 Å². The number of hydrogen-bond acceptors (Lipinski definition) is 3. The topological polar surface area (TPSA) is 49.9 Å². The Labute approximate surface area is 159 Å². The molecule has 0 bridgehead atoms. The lowest BCUT2D eigenvalue weighted by Crippen LogP contribution is -2.37. The van der Waals surface area contributed by atoms with Crippen molar-refractivity contribution in [3.63, 3.8) is 0 Å². The van der Waals surface area contributed by atoms with Gasteiger partial charge in [-0.05, 0) is 37.0 Å². The highest BCUT2D eigenvalue weighted by atomic mass is 16.5. The summed E-state index contributed by atoms with van der Waals surface area (Å²) in [4.78, 5) is 28.9. The number of hydrogen-bond donors (Lipinski definition) is 0. The van der Waals surface area contributed by atoms with Gasteiger partial charge < -0.3 is 14.5 Å². The van der Waals surface area contributed by atoms with E-state index in [1.807, 2.05) is 58.3 Å². The highest BCUT2D eigenvalue weighted by molar-refractivity contribution is 5.97. The van der Waals surface area contributed by atoms with E-state index in [9.17, 15) is 9.59 Å². The molecule has 0 atom stereocenters. The van der Waals surface area contributed by atoms with Crippen LogP contribution in [0.25, 0.3) is 0 Å². The molecule has 2 amide bonds. The molecule has 0 aromatic heterocycles. The number of fused-ring (bicyclic) bond motifs is 1. The first-order chi connectivity index (χ1) is 13.2. The number of likely N-dealkylation sites (tertiary alicyclic amines) is 1. The number of carbonyl (C=O) groups excluding carboxylic acids is 2. The minimum Gasteiger partial charge on any atom is -0.483 e. The van der Waals surface area contributed by atoms with Crippen molar-refractivity contribution in [1.82, 2.24) is 9.80 Å². The predicted molar refractivity (Wildman–Crippen MR) is 103 cm³/mol. The van der Waals surface area contributed by atoms with Gasteiger partial charge in [-0.25, -0.2) is 0 Å². The third kappa shape index (κ3) is 3.82. The van der Waals surface area contributed by atoms with Crippen LogP contribution in [0.2, 0.25) is 0 Å². The van der Waals surface area contributed by atoms with E-state index in [2.05, 4.69) is 0 Å². The van der Waals surface area contributed by atoms with E-state index in [1.54, 1.807) is 0 Å². The molecule has 1 fully saturated rings. The number of rotatable bonds is 5. The Kier molecular flexibility index (Phi) is 5.10. The second-order valence-electron chi connectivity index (χ2n) is 7.12. The maximum absolute atomic E-state index is 12.9. The van der Waals surface area contributed by atoms with Gasteiger partial charge in [0.2, 0.25) is 0 Å². The Morgan fingerprint density at radius 1 is 0.963 bits per heavy atom. The second-order valence-corrected chi connectivity index (χ2v) is 7.12. The van der Waals surface area contributed by atoms with Crippen LogP contribution in [0.15, 0.2) is 48.5 Å². The summed E-state index contributed by atoms with van der Waals surface area (Å²) in [6.07, 6.45) is 2.87. The lowest BCUT2D eigenvalue weighted by Gasteiger charge is -2.29. The van der Waals surface area contributed by atoms with Crippen LogP contribution in [-0.4, -0.2) is 47.9 Å². The number of amides is 2. The molecule has 2 aliphatic heterocycles. The van der Waals surface area contributed by atoms with Crippen molar-refractivity contribution in [1.29, 1.82) is 0 Å². The Balaban J connectivity index is 1.45. The molecule has 4 rings (SSSR count). The third-order valence-corrected chi connectivity index (χ3v) is 5.31. The summed E-state index contributed by atoms with van der Waals surface area (Å²) in [5.74, 6) is 0.710. The average Bonchev–Trinajstić information content (AvgIpc) is 3.24. The second kappa shape index (κ2) is 7.82. The van der Waals surface area contributed by atoms with Crippen LogP contribution in [0.1, 0.15) is 34.3 Å². The Morgan fingerprint density at radius 2 is 1.74 bits per heavy atom. The van der Waals surface area contributed by atoms with Crippen molar-refractivity contribution in [2.24, 2.45) is 0 Å². The number of nitrogens with zero attached hydrogens (tertiary/aromatic N) is 2. The van der Waals surface area contributed by atoms with Crippen LogP contribution in [-0.2, 0) is 17.8 Å². The average molecular weight is 364 g/mol. The first-order valence-corrected chi connectivity index (χ1v) is 9.58. The zero-order valence-electron chi connectivity index (χ0n) is 15.4. The molecule has 0 spiro atoms. The minimum atomic E-state index is 0.0245. The van der Waals surface area contributed by atoms with E-state index in [4.69, 9.17) is 4.74 Å². The quantitative estimate of drug-likeness (QED) is 0.820. The van der Waals surface area contributed by atoms with Crippen LogP contribution < -0.4 is 4.74 Å². The highest BCUT2D eigenvalue weighted by Crippen LogP contribution is 2.29. The van der Waals surface area contributed by atoms with Crippen molar-refractivity contribution >= 4 is 11.8 Å². The predicted octanol–water partition coefficient (Wildman–Crippen LogP) is 2.89. The lowest BCUT2D eigenvalue weighted by molar-refractivity contribution is -0.132. The van der Waals surface area contributed by atoms with Gasteiger partial charge in [0.15, 0.2) is 6.61 Å². The summed E-state index contributed by atoms with van der Waals surface area (Å²) in [7, 11) is 0. The molecule has 0 aliphatic carbocycles.